The fraction of sp³-hybridized carbons (Fsp3) is 0.0870. The molecule has 0 radical (unpaired) electrons. The van der Waals surface area contributed by atoms with E-state index in [2.05, 4.69) is 15.9 Å². The van der Waals surface area contributed by atoms with Gasteiger partial charge in [0.25, 0.3) is 0 Å². The molecule has 0 fully saturated rings. The average Bonchev–Trinajstić information content (AvgIpc) is 3.01. The van der Waals surface area contributed by atoms with Gasteiger partial charge in [-0.15, -0.1) is 0 Å². The van der Waals surface area contributed by atoms with Crippen LogP contribution in [0.2, 0.25) is 10.0 Å². The smallest absolute Gasteiger partial charge is 0.231 e. The van der Waals surface area contributed by atoms with E-state index in [1.807, 2.05) is 31.2 Å². The molecule has 0 amide bonds. The number of carbonyl (C=O) groups excluding carboxylic acids is 1. The molecule has 0 atom stereocenters. The Morgan fingerprint density at radius 2 is 1.83 bits per heavy atom. The van der Waals surface area contributed by atoms with Crippen molar-refractivity contribution in [2.45, 2.75) is 13.5 Å². The van der Waals surface area contributed by atoms with Crippen molar-refractivity contribution in [1.82, 2.24) is 0 Å². The number of fused-ring (bicyclic) bond motifs is 1. The van der Waals surface area contributed by atoms with Crippen LogP contribution in [0.3, 0.4) is 0 Å². The van der Waals surface area contributed by atoms with E-state index in [9.17, 15) is 4.79 Å². The van der Waals surface area contributed by atoms with Crippen LogP contribution in [0.15, 0.2) is 64.8 Å². The first kappa shape index (κ1) is 20.0. The molecule has 146 valence electrons. The minimum atomic E-state index is -0.187. The largest absolute Gasteiger partial charge is 0.488 e. The summed E-state index contributed by atoms with van der Waals surface area (Å²) in [5.74, 6) is 1.22. The van der Waals surface area contributed by atoms with Crippen molar-refractivity contribution in [3.05, 3.63) is 97.1 Å². The molecule has 3 aromatic rings. The predicted molar refractivity (Wildman–Crippen MR) is 119 cm³/mol. The van der Waals surface area contributed by atoms with Gasteiger partial charge in [-0.3, -0.25) is 4.79 Å². The summed E-state index contributed by atoms with van der Waals surface area (Å²) in [5.41, 5.74) is 2.99. The first-order valence-corrected chi connectivity index (χ1v) is 10.4. The highest BCUT2D eigenvalue weighted by Gasteiger charge is 2.30. The Morgan fingerprint density at radius 1 is 1.07 bits per heavy atom. The predicted octanol–water partition coefficient (Wildman–Crippen LogP) is 7.26. The highest BCUT2D eigenvalue weighted by atomic mass is 79.9. The summed E-state index contributed by atoms with van der Waals surface area (Å²) in [6.45, 7) is 2.30. The zero-order valence-electron chi connectivity index (χ0n) is 15.3. The summed E-state index contributed by atoms with van der Waals surface area (Å²) in [7, 11) is 0. The number of hydrogen-bond donors (Lipinski definition) is 0. The molecule has 0 saturated heterocycles. The molecule has 6 heteroatoms. The molecule has 0 bridgehead atoms. The summed E-state index contributed by atoms with van der Waals surface area (Å²) >= 11 is 15.6. The van der Waals surface area contributed by atoms with Crippen molar-refractivity contribution in [3.63, 3.8) is 0 Å². The van der Waals surface area contributed by atoms with E-state index in [0.717, 1.165) is 15.6 Å². The fourth-order valence-electron chi connectivity index (χ4n) is 3.03. The summed E-state index contributed by atoms with van der Waals surface area (Å²) in [6, 6.07) is 16.5. The van der Waals surface area contributed by atoms with Crippen LogP contribution in [0.5, 0.6) is 11.5 Å². The number of rotatable bonds is 4. The molecule has 3 aromatic carbocycles. The maximum Gasteiger partial charge on any atom is 0.231 e. The lowest BCUT2D eigenvalue weighted by Crippen LogP contribution is -1.98. The molecule has 0 spiro atoms. The number of Topliss-reactive ketones (excluding diaryl/α,β-unsaturated/α-hetero) is 1. The minimum Gasteiger partial charge on any atom is -0.488 e. The first-order valence-electron chi connectivity index (χ1n) is 8.82. The van der Waals surface area contributed by atoms with Crippen LogP contribution in [-0.4, -0.2) is 5.78 Å². The van der Waals surface area contributed by atoms with E-state index in [-0.39, 0.29) is 11.5 Å². The van der Waals surface area contributed by atoms with E-state index in [1.54, 1.807) is 36.4 Å². The summed E-state index contributed by atoms with van der Waals surface area (Å²) in [6.07, 6.45) is 1.63. The Labute approximate surface area is 187 Å². The van der Waals surface area contributed by atoms with Crippen molar-refractivity contribution >= 4 is 51.0 Å². The van der Waals surface area contributed by atoms with Gasteiger partial charge in [0.15, 0.2) is 5.76 Å². The highest BCUT2D eigenvalue weighted by Crippen LogP contribution is 2.40. The highest BCUT2D eigenvalue weighted by molar-refractivity contribution is 9.10. The lowest BCUT2D eigenvalue weighted by molar-refractivity contribution is 0.101. The van der Waals surface area contributed by atoms with Crippen molar-refractivity contribution in [2.75, 3.05) is 0 Å². The van der Waals surface area contributed by atoms with Crippen molar-refractivity contribution < 1.29 is 14.3 Å². The molecule has 0 aromatic heterocycles. The molecular weight excluding hydrogens is 475 g/mol. The van der Waals surface area contributed by atoms with Crippen LogP contribution in [-0.2, 0) is 6.61 Å². The molecule has 0 N–H and O–H groups in total. The third-order valence-electron chi connectivity index (χ3n) is 4.59. The van der Waals surface area contributed by atoms with Crippen LogP contribution in [0, 0.1) is 6.92 Å². The van der Waals surface area contributed by atoms with Crippen molar-refractivity contribution in [1.29, 1.82) is 0 Å². The minimum absolute atomic E-state index is 0.187. The van der Waals surface area contributed by atoms with Crippen LogP contribution in [0.25, 0.3) is 6.08 Å². The summed E-state index contributed by atoms with van der Waals surface area (Å²) in [4.78, 5) is 12.7. The van der Waals surface area contributed by atoms with Gasteiger partial charge in [0, 0.05) is 20.1 Å². The van der Waals surface area contributed by atoms with Crippen molar-refractivity contribution in [2.24, 2.45) is 0 Å². The van der Waals surface area contributed by atoms with E-state index < -0.39 is 0 Å². The molecule has 0 aliphatic carbocycles. The zero-order chi connectivity index (χ0) is 20.5. The van der Waals surface area contributed by atoms with Crippen LogP contribution in [0.4, 0.5) is 0 Å². The van der Waals surface area contributed by atoms with E-state index in [0.29, 0.717) is 39.3 Å². The third kappa shape index (κ3) is 4.20. The zero-order valence-corrected chi connectivity index (χ0v) is 18.4. The van der Waals surface area contributed by atoms with Gasteiger partial charge in [0.05, 0.1) is 5.56 Å². The standard InChI is InChI=1S/C23H15BrCl2O3/c1-13-20(28-12-14-2-5-16(24)6-3-14)9-8-18-22(27)21(29-23(13)18)10-15-4-7-17(25)11-19(15)26/h2-11H,12H2,1H3/b21-10-. The van der Waals surface area contributed by atoms with E-state index >= 15 is 0 Å². The number of carbonyl (C=O) groups is 1. The molecule has 0 unspecified atom stereocenters. The Morgan fingerprint density at radius 3 is 2.55 bits per heavy atom. The third-order valence-corrected chi connectivity index (χ3v) is 5.68. The van der Waals surface area contributed by atoms with Gasteiger partial charge in [0.2, 0.25) is 5.78 Å². The second kappa shape index (κ2) is 8.23. The van der Waals surface area contributed by atoms with E-state index in [4.69, 9.17) is 32.7 Å². The Balaban J connectivity index is 1.58. The van der Waals surface area contributed by atoms with Gasteiger partial charge in [-0.2, -0.15) is 0 Å². The van der Waals surface area contributed by atoms with Crippen molar-refractivity contribution in [3.8, 4) is 11.5 Å². The van der Waals surface area contributed by atoms with Crippen LogP contribution >= 0.6 is 39.1 Å². The second-order valence-electron chi connectivity index (χ2n) is 6.59. The maximum atomic E-state index is 12.7. The molecular formula is C23H15BrCl2O3. The molecule has 4 rings (SSSR count). The molecule has 3 nitrogen and oxygen atoms in total. The summed E-state index contributed by atoms with van der Waals surface area (Å²) < 4.78 is 12.8. The summed E-state index contributed by atoms with van der Waals surface area (Å²) in [5, 5.41) is 0.982. The Bertz CT molecular complexity index is 1140. The molecule has 1 aliphatic heterocycles. The Hall–Kier alpha value is -2.27. The quantitative estimate of drug-likeness (QED) is 0.362. The number of hydrogen-bond acceptors (Lipinski definition) is 3. The van der Waals surface area contributed by atoms with Crippen LogP contribution < -0.4 is 9.47 Å². The lowest BCUT2D eigenvalue weighted by atomic mass is 10.1. The fourth-order valence-corrected chi connectivity index (χ4v) is 3.75. The lowest BCUT2D eigenvalue weighted by Gasteiger charge is -2.11. The van der Waals surface area contributed by atoms with Crippen LogP contribution in [0.1, 0.15) is 27.0 Å². The number of allylic oxidation sites excluding steroid dienone is 1. The monoisotopic (exact) mass is 488 g/mol. The topological polar surface area (TPSA) is 35.5 Å². The van der Waals surface area contributed by atoms with Gasteiger partial charge >= 0.3 is 0 Å². The normalized spacial score (nSPS) is 14.1. The average molecular weight is 490 g/mol. The molecule has 29 heavy (non-hydrogen) atoms. The Kier molecular flexibility index (Phi) is 5.68. The number of ether oxygens (including phenoxy) is 2. The van der Waals surface area contributed by atoms with Gasteiger partial charge in [0.1, 0.15) is 18.1 Å². The number of ketones is 1. The van der Waals surface area contributed by atoms with E-state index in [1.165, 1.54) is 0 Å². The van der Waals surface area contributed by atoms with Gasteiger partial charge in [-0.05, 0) is 60.5 Å². The molecule has 0 saturated carbocycles. The SMILES string of the molecule is Cc1c(OCc2ccc(Br)cc2)ccc2c1O/C(=C\c1ccc(Cl)cc1Cl)C2=O. The molecule has 1 heterocycles. The second-order valence-corrected chi connectivity index (χ2v) is 8.35. The number of benzene rings is 3. The maximum absolute atomic E-state index is 12.7. The van der Waals surface area contributed by atoms with Gasteiger partial charge in [-0.1, -0.05) is 57.3 Å². The number of halogens is 3. The molecule has 1 aliphatic rings. The first-order chi connectivity index (χ1) is 13.9. The van der Waals surface area contributed by atoms with Gasteiger partial charge < -0.3 is 9.47 Å². The van der Waals surface area contributed by atoms with Gasteiger partial charge in [-0.25, -0.2) is 0 Å².